The number of rotatable bonds is 7. The number of halogens is 1. The molecule has 31 heavy (non-hydrogen) atoms. The topological polar surface area (TPSA) is 104 Å². The number of nitro groups is 1. The van der Waals surface area contributed by atoms with Crippen LogP contribution in [-0.2, 0) is 6.54 Å². The first kappa shape index (κ1) is 24.6. The van der Waals surface area contributed by atoms with Gasteiger partial charge in [0.2, 0.25) is 0 Å². The van der Waals surface area contributed by atoms with Crippen LogP contribution in [0.2, 0.25) is 0 Å². The van der Waals surface area contributed by atoms with E-state index in [0.29, 0.717) is 38.5 Å². The van der Waals surface area contributed by atoms with E-state index in [1.54, 1.807) is 29.2 Å². The molecule has 1 N–H and O–H groups in total. The summed E-state index contributed by atoms with van der Waals surface area (Å²) in [6.45, 7) is 5.90. The SMILES string of the molecule is CCCCNC(=NCc1ccc([N+](=O)[O-])cc1)N1CCN(C(=O)c2ccco2)CC1.I. The van der Waals surface area contributed by atoms with E-state index < -0.39 is 4.92 Å². The molecule has 168 valence electrons. The number of hydrogen-bond donors (Lipinski definition) is 1. The van der Waals surface area contributed by atoms with Gasteiger partial charge in [-0.2, -0.15) is 0 Å². The molecule has 1 saturated heterocycles. The summed E-state index contributed by atoms with van der Waals surface area (Å²) in [6.07, 6.45) is 3.62. The van der Waals surface area contributed by atoms with Crippen molar-refractivity contribution in [2.45, 2.75) is 26.3 Å². The number of amides is 1. The normalized spacial score (nSPS) is 14.2. The Bertz CT molecular complexity index is 862. The quantitative estimate of drug-likeness (QED) is 0.144. The third-order valence-electron chi connectivity index (χ3n) is 4.97. The molecule has 2 heterocycles. The van der Waals surface area contributed by atoms with Crippen molar-refractivity contribution in [3.05, 3.63) is 64.1 Å². The van der Waals surface area contributed by atoms with E-state index in [4.69, 9.17) is 9.41 Å². The second-order valence-corrected chi connectivity index (χ2v) is 7.10. The highest BCUT2D eigenvalue weighted by atomic mass is 127. The van der Waals surface area contributed by atoms with Gasteiger partial charge >= 0.3 is 0 Å². The van der Waals surface area contributed by atoms with Crippen molar-refractivity contribution in [1.29, 1.82) is 0 Å². The summed E-state index contributed by atoms with van der Waals surface area (Å²) in [5.41, 5.74) is 0.975. The van der Waals surface area contributed by atoms with E-state index in [1.165, 1.54) is 18.4 Å². The van der Waals surface area contributed by atoms with Crippen LogP contribution >= 0.6 is 24.0 Å². The minimum atomic E-state index is -0.408. The van der Waals surface area contributed by atoms with Crippen LogP contribution in [0.4, 0.5) is 5.69 Å². The minimum Gasteiger partial charge on any atom is -0.459 e. The standard InChI is InChI=1S/C21H27N5O4.HI/c1-2-3-10-22-21(23-16-17-6-8-18(9-7-17)26(28)29)25-13-11-24(12-14-25)20(27)19-5-4-15-30-19;/h4-9,15H,2-3,10-14,16H2,1H3,(H,22,23);1H. The second kappa shape index (κ2) is 12.3. The predicted molar refractivity (Wildman–Crippen MR) is 129 cm³/mol. The number of benzene rings is 1. The molecule has 1 amide bonds. The molecule has 0 unspecified atom stereocenters. The Labute approximate surface area is 198 Å². The van der Waals surface area contributed by atoms with E-state index in [0.717, 1.165) is 30.9 Å². The number of aliphatic imine (C=N–C) groups is 1. The lowest BCUT2D eigenvalue weighted by Crippen LogP contribution is -2.53. The van der Waals surface area contributed by atoms with Gasteiger partial charge in [0.1, 0.15) is 0 Å². The molecule has 9 nitrogen and oxygen atoms in total. The lowest BCUT2D eigenvalue weighted by molar-refractivity contribution is -0.384. The molecule has 0 aliphatic carbocycles. The fourth-order valence-electron chi connectivity index (χ4n) is 3.21. The summed E-state index contributed by atoms with van der Waals surface area (Å²) < 4.78 is 5.22. The first-order chi connectivity index (χ1) is 14.6. The smallest absolute Gasteiger partial charge is 0.289 e. The predicted octanol–water partition coefficient (Wildman–Crippen LogP) is 3.51. The molecule has 10 heteroatoms. The lowest BCUT2D eigenvalue weighted by atomic mass is 10.2. The Morgan fingerprint density at radius 2 is 1.84 bits per heavy atom. The Morgan fingerprint density at radius 3 is 2.42 bits per heavy atom. The molecule has 1 aromatic heterocycles. The molecule has 1 aliphatic heterocycles. The van der Waals surface area contributed by atoms with E-state index >= 15 is 0 Å². The number of nitrogens with one attached hydrogen (secondary N) is 1. The van der Waals surface area contributed by atoms with Crippen molar-refractivity contribution in [3.63, 3.8) is 0 Å². The molecule has 0 saturated carbocycles. The van der Waals surface area contributed by atoms with Crippen LogP contribution in [0.15, 0.2) is 52.1 Å². The van der Waals surface area contributed by atoms with Gasteiger partial charge in [-0.05, 0) is 24.1 Å². The molecule has 2 aromatic rings. The number of nitrogens with zero attached hydrogens (tertiary/aromatic N) is 4. The summed E-state index contributed by atoms with van der Waals surface area (Å²) in [6, 6.07) is 9.83. The van der Waals surface area contributed by atoms with Gasteiger partial charge in [0.15, 0.2) is 11.7 Å². The number of carbonyl (C=O) groups excluding carboxylic acids is 1. The summed E-state index contributed by atoms with van der Waals surface area (Å²) in [5.74, 6) is 1.06. The minimum absolute atomic E-state index is 0. The number of piperazine rings is 1. The number of unbranched alkanes of at least 4 members (excludes halogenated alkanes) is 1. The highest BCUT2D eigenvalue weighted by molar-refractivity contribution is 14.0. The van der Waals surface area contributed by atoms with Gasteiger partial charge in [0, 0.05) is 44.9 Å². The zero-order valence-electron chi connectivity index (χ0n) is 17.5. The lowest BCUT2D eigenvalue weighted by Gasteiger charge is -2.36. The number of hydrogen-bond acceptors (Lipinski definition) is 5. The molecule has 1 aliphatic rings. The van der Waals surface area contributed by atoms with E-state index in [9.17, 15) is 14.9 Å². The molecule has 0 spiro atoms. The maximum Gasteiger partial charge on any atom is 0.289 e. The zero-order chi connectivity index (χ0) is 21.3. The summed E-state index contributed by atoms with van der Waals surface area (Å²) >= 11 is 0. The van der Waals surface area contributed by atoms with Crippen molar-refractivity contribution >= 4 is 41.5 Å². The average molecular weight is 541 g/mol. The average Bonchev–Trinajstić information content (AvgIpc) is 3.31. The van der Waals surface area contributed by atoms with Crippen molar-refractivity contribution in [1.82, 2.24) is 15.1 Å². The molecule has 0 bridgehead atoms. The number of carbonyl (C=O) groups is 1. The van der Waals surface area contributed by atoms with Crippen LogP contribution in [0.3, 0.4) is 0 Å². The molecule has 0 radical (unpaired) electrons. The number of guanidine groups is 1. The van der Waals surface area contributed by atoms with Crippen molar-refractivity contribution in [2.24, 2.45) is 4.99 Å². The van der Waals surface area contributed by atoms with Crippen LogP contribution in [0.25, 0.3) is 0 Å². The van der Waals surface area contributed by atoms with Crippen LogP contribution in [-0.4, -0.2) is 59.3 Å². The van der Waals surface area contributed by atoms with Gasteiger partial charge in [-0.3, -0.25) is 14.9 Å². The van der Waals surface area contributed by atoms with Gasteiger partial charge in [0.25, 0.3) is 11.6 Å². The summed E-state index contributed by atoms with van der Waals surface area (Å²) in [4.78, 5) is 31.5. The molecular weight excluding hydrogens is 513 g/mol. The van der Waals surface area contributed by atoms with Gasteiger partial charge in [-0.15, -0.1) is 24.0 Å². The van der Waals surface area contributed by atoms with E-state index in [-0.39, 0.29) is 35.6 Å². The van der Waals surface area contributed by atoms with Gasteiger partial charge in [-0.1, -0.05) is 25.5 Å². The molecule has 1 fully saturated rings. The van der Waals surface area contributed by atoms with Crippen LogP contribution < -0.4 is 5.32 Å². The van der Waals surface area contributed by atoms with E-state index in [2.05, 4.69) is 17.1 Å². The Hall–Kier alpha value is -2.63. The highest BCUT2D eigenvalue weighted by Crippen LogP contribution is 2.13. The Balaban J connectivity index is 0.00000341. The molecular formula is C21H28IN5O4. The third-order valence-corrected chi connectivity index (χ3v) is 4.97. The van der Waals surface area contributed by atoms with Gasteiger partial charge < -0.3 is 19.5 Å². The number of furan rings is 1. The monoisotopic (exact) mass is 541 g/mol. The van der Waals surface area contributed by atoms with Crippen molar-refractivity contribution < 1.29 is 14.1 Å². The Kier molecular flexibility index (Phi) is 9.76. The van der Waals surface area contributed by atoms with E-state index in [1.807, 2.05) is 0 Å². The molecule has 3 rings (SSSR count). The molecule has 1 aromatic carbocycles. The van der Waals surface area contributed by atoms with Crippen molar-refractivity contribution in [3.8, 4) is 0 Å². The van der Waals surface area contributed by atoms with Gasteiger partial charge in [0.05, 0.1) is 17.7 Å². The maximum absolute atomic E-state index is 12.5. The first-order valence-electron chi connectivity index (χ1n) is 10.2. The van der Waals surface area contributed by atoms with Crippen LogP contribution in [0, 0.1) is 10.1 Å². The zero-order valence-corrected chi connectivity index (χ0v) is 19.9. The summed E-state index contributed by atoms with van der Waals surface area (Å²) in [7, 11) is 0. The maximum atomic E-state index is 12.5. The van der Waals surface area contributed by atoms with Crippen molar-refractivity contribution in [2.75, 3.05) is 32.7 Å². The largest absolute Gasteiger partial charge is 0.459 e. The highest BCUT2D eigenvalue weighted by Gasteiger charge is 2.25. The fourth-order valence-corrected chi connectivity index (χ4v) is 3.21. The fraction of sp³-hybridized carbons (Fsp3) is 0.429. The van der Waals surface area contributed by atoms with Gasteiger partial charge in [-0.25, -0.2) is 4.99 Å². The Morgan fingerprint density at radius 1 is 1.16 bits per heavy atom. The second-order valence-electron chi connectivity index (χ2n) is 7.10. The third kappa shape index (κ3) is 6.94. The number of nitro benzene ring substituents is 1. The van der Waals surface area contributed by atoms with Crippen LogP contribution in [0.5, 0.6) is 0 Å². The first-order valence-corrected chi connectivity index (χ1v) is 10.2. The molecule has 0 atom stereocenters. The van der Waals surface area contributed by atoms with Crippen LogP contribution in [0.1, 0.15) is 35.9 Å². The number of non-ortho nitro benzene ring substituents is 1. The summed E-state index contributed by atoms with van der Waals surface area (Å²) in [5, 5.41) is 14.2.